The first-order valence-corrected chi connectivity index (χ1v) is 10.5. The van der Waals surface area contributed by atoms with Crippen molar-refractivity contribution in [2.24, 2.45) is 0 Å². The van der Waals surface area contributed by atoms with E-state index in [1.165, 1.54) is 4.31 Å². The molecule has 1 aromatic heterocycles. The SMILES string of the molecule is CCN(CC)S(=O)(=O)c1ccc(CNC(=O)c2cc(C)sc2C)cc1. The van der Waals surface area contributed by atoms with Crippen LogP contribution in [0.1, 0.15) is 39.5 Å². The molecule has 0 atom stereocenters. The molecule has 0 aliphatic rings. The van der Waals surface area contributed by atoms with Gasteiger partial charge in [-0.3, -0.25) is 4.79 Å². The number of hydrogen-bond acceptors (Lipinski definition) is 4. The molecule has 0 unspecified atom stereocenters. The van der Waals surface area contributed by atoms with Crippen molar-refractivity contribution in [3.05, 3.63) is 51.2 Å². The Labute approximate surface area is 153 Å². The van der Waals surface area contributed by atoms with Crippen LogP contribution < -0.4 is 5.32 Å². The van der Waals surface area contributed by atoms with Crippen LogP contribution in [0.25, 0.3) is 0 Å². The molecule has 25 heavy (non-hydrogen) atoms. The fourth-order valence-electron chi connectivity index (χ4n) is 2.63. The Bertz CT molecular complexity index is 836. The van der Waals surface area contributed by atoms with Gasteiger partial charge in [0.25, 0.3) is 5.91 Å². The maximum atomic E-state index is 12.5. The fraction of sp³-hybridized carbons (Fsp3) is 0.389. The van der Waals surface area contributed by atoms with Gasteiger partial charge < -0.3 is 5.32 Å². The van der Waals surface area contributed by atoms with Crippen LogP contribution in [0.3, 0.4) is 0 Å². The number of nitrogens with zero attached hydrogens (tertiary/aromatic N) is 1. The van der Waals surface area contributed by atoms with E-state index in [1.807, 2.05) is 33.8 Å². The molecule has 0 bridgehead atoms. The first kappa shape index (κ1) is 19.6. The molecule has 0 spiro atoms. The Hall–Kier alpha value is -1.70. The van der Waals surface area contributed by atoms with Crippen molar-refractivity contribution >= 4 is 27.3 Å². The summed E-state index contributed by atoms with van der Waals surface area (Å²) < 4.78 is 26.3. The monoisotopic (exact) mass is 380 g/mol. The van der Waals surface area contributed by atoms with Crippen molar-refractivity contribution in [3.63, 3.8) is 0 Å². The molecule has 0 saturated carbocycles. The highest BCUT2D eigenvalue weighted by Gasteiger charge is 2.21. The minimum atomic E-state index is -3.45. The molecule has 7 heteroatoms. The number of aryl methyl sites for hydroxylation is 2. The molecule has 1 N–H and O–H groups in total. The molecule has 5 nitrogen and oxygen atoms in total. The number of carbonyl (C=O) groups is 1. The van der Waals surface area contributed by atoms with Gasteiger partial charge in [0, 0.05) is 29.4 Å². The standard InChI is InChI=1S/C18H24N2O3S2/c1-5-20(6-2)25(22,23)16-9-7-15(8-10-16)12-19-18(21)17-11-13(3)24-14(17)4/h7-11H,5-6,12H2,1-4H3,(H,19,21). The lowest BCUT2D eigenvalue weighted by molar-refractivity contribution is 0.0950. The molecule has 1 aromatic carbocycles. The van der Waals surface area contributed by atoms with Crippen LogP contribution in [-0.2, 0) is 16.6 Å². The Morgan fingerprint density at radius 3 is 2.20 bits per heavy atom. The van der Waals surface area contributed by atoms with E-state index in [0.717, 1.165) is 15.3 Å². The van der Waals surface area contributed by atoms with Gasteiger partial charge in [-0.15, -0.1) is 11.3 Å². The lowest BCUT2D eigenvalue weighted by Crippen LogP contribution is -2.30. The average Bonchev–Trinajstić information content (AvgIpc) is 2.92. The van der Waals surface area contributed by atoms with Gasteiger partial charge in [-0.25, -0.2) is 8.42 Å². The Kier molecular flexibility index (Phi) is 6.37. The Morgan fingerprint density at radius 2 is 1.72 bits per heavy atom. The minimum absolute atomic E-state index is 0.110. The maximum Gasteiger partial charge on any atom is 0.252 e. The smallest absolute Gasteiger partial charge is 0.252 e. The van der Waals surface area contributed by atoms with E-state index in [9.17, 15) is 13.2 Å². The van der Waals surface area contributed by atoms with Crippen molar-refractivity contribution in [3.8, 4) is 0 Å². The Morgan fingerprint density at radius 1 is 1.12 bits per heavy atom. The second-order valence-corrected chi connectivity index (χ2v) is 9.14. The zero-order valence-electron chi connectivity index (χ0n) is 15.0. The molecular formula is C18H24N2O3S2. The normalized spacial score (nSPS) is 11.7. The lowest BCUT2D eigenvalue weighted by Gasteiger charge is -2.18. The largest absolute Gasteiger partial charge is 0.348 e. The molecule has 0 radical (unpaired) electrons. The summed E-state index contributed by atoms with van der Waals surface area (Å²) in [4.78, 5) is 14.6. The molecule has 0 saturated heterocycles. The summed E-state index contributed by atoms with van der Waals surface area (Å²) in [5.74, 6) is -0.110. The number of rotatable bonds is 7. The molecule has 1 heterocycles. The van der Waals surface area contributed by atoms with Crippen molar-refractivity contribution in [2.75, 3.05) is 13.1 Å². The first-order chi connectivity index (χ1) is 11.8. The summed E-state index contributed by atoms with van der Waals surface area (Å²) in [5, 5.41) is 2.88. The zero-order chi connectivity index (χ0) is 18.6. The molecule has 0 fully saturated rings. The van der Waals surface area contributed by atoms with Crippen LogP contribution in [0.4, 0.5) is 0 Å². The first-order valence-electron chi connectivity index (χ1n) is 8.23. The van der Waals surface area contributed by atoms with E-state index in [-0.39, 0.29) is 10.8 Å². The number of nitrogens with one attached hydrogen (secondary N) is 1. The third-order valence-electron chi connectivity index (χ3n) is 4.01. The van der Waals surface area contributed by atoms with Crippen LogP contribution in [0.2, 0.25) is 0 Å². The van der Waals surface area contributed by atoms with E-state index < -0.39 is 10.0 Å². The zero-order valence-corrected chi connectivity index (χ0v) is 16.6. The van der Waals surface area contributed by atoms with E-state index >= 15 is 0 Å². The van der Waals surface area contributed by atoms with Crippen LogP contribution in [-0.4, -0.2) is 31.7 Å². The van der Waals surface area contributed by atoms with Gasteiger partial charge in [-0.1, -0.05) is 26.0 Å². The summed E-state index contributed by atoms with van der Waals surface area (Å²) in [6, 6.07) is 8.55. The highest BCUT2D eigenvalue weighted by atomic mass is 32.2. The quantitative estimate of drug-likeness (QED) is 0.801. The maximum absolute atomic E-state index is 12.5. The summed E-state index contributed by atoms with van der Waals surface area (Å²) in [7, 11) is -3.45. The van der Waals surface area contributed by atoms with Crippen molar-refractivity contribution in [1.29, 1.82) is 0 Å². The summed E-state index contributed by atoms with van der Waals surface area (Å²) in [6.07, 6.45) is 0. The van der Waals surface area contributed by atoms with E-state index in [1.54, 1.807) is 35.6 Å². The molecule has 0 aliphatic carbocycles. The molecule has 136 valence electrons. The summed E-state index contributed by atoms with van der Waals surface area (Å²) in [6.45, 7) is 8.78. The van der Waals surface area contributed by atoms with Gasteiger partial charge in [0.1, 0.15) is 0 Å². The number of benzene rings is 1. The van der Waals surface area contributed by atoms with Gasteiger partial charge in [0.05, 0.1) is 10.5 Å². The third-order valence-corrected chi connectivity index (χ3v) is 7.04. The lowest BCUT2D eigenvalue weighted by atomic mass is 10.2. The highest BCUT2D eigenvalue weighted by molar-refractivity contribution is 7.89. The van der Waals surface area contributed by atoms with Crippen LogP contribution in [0, 0.1) is 13.8 Å². The minimum Gasteiger partial charge on any atom is -0.348 e. The third kappa shape index (κ3) is 4.48. The number of carbonyl (C=O) groups excluding carboxylic acids is 1. The van der Waals surface area contributed by atoms with Crippen LogP contribution in [0.5, 0.6) is 0 Å². The van der Waals surface area contributed by atoms with Crippen molar-refractivity contribution < 1.29 is 13.2 Å². The van der Waals surface area contributed by atoms with Crippen molar-refractivity contribution in [2.45, 2.75) is 39.1 Å². The second-order valence-electron chi connectivity index (χ2n) is 5.74. The molecule has 0 aliphatic heterocycles. The fourth-order valence-corrected chi connectivity index (χ4v) is 5.00. The van der Waals surface area contributed by atoms with E-state index in [0.29, 0.717) is 25.2 Å². The van der Waals surface area contributed by atoms with E-state index in [4.69, 9.17) is 0 Å². The van der Waals surface area contributed by atoms with Gasteiger partial charge in [0.15, 0.2) is 0 Å². The summed E-state index contributed by atoms with van der Waals surface area (Å²) in [5.41, 5.74) is 1.56. The van der Waals surface area contributed by atoms with Gasteiger partial charge in [0.2, 0.25) is 10.0 Å². The highest BCUT2D eigenvalue weighted by Crippen LogP contribution is 2.20. The number of hydrogen-bond donors (Lipinski definition) is 1. The van der Waals surface area contributed by atoms with Crippen LogP contribution >= 0.6 is 11.3 Å². The number of amides is 1. The molecule has 2 aromatic rings. The predicted octanol–water partition coefficient (Wildman–Crippen LogP) is 3.33. The second kappa shape index (κ2) is 8.12. The average molecular weight is 381 g/mol. The van der Waals surface area contributed by atoms with Crippen LogP contribution in [0.15, 0.2) is 35.2 Å². The topological polar surface area (TPSA) is 66.5 Å². The van der Waals surface area contributed by atoms with Gasteiger partial charge in [-0.2, -0.15) is 4.31 Å². The number of sulfonamides is 1. The molecule has 1 amide bonds. The molecule has 2 rings (SSSR count). The predicted molar refractivity (Wildman–Crippen MR) is 102 cm³/mol. The van der Waals surface area contributed by atoms with Gasteiger partial charge >= 0.3 is 0 Å². The molecular weight excluding hydrogens is 356 g/mol. The van der Waals surface area contributed by atoms with Crippen molar-refractivity contribution in [1.82, 2.24) is 9.62 Å². The summed E-state index contributed by atoms with van der Waals surface area (Å²) >= 11 is 1.60. The Balaban J connectivity index is 2.06. The van der Waals surface area contributed by atoms with E-state index in [2.05, 4.69) is 5.32 Å². The van der Waals surface area contributed by atoms with Gasteiger partial charge in [-0.05, 0) is 37.6 Å². The number of thiophene rings is 1.